The fraction of sp³-hybridized carbons (Fsp3) is 0.111. The predicted octanol–water partition coefficient (Wildman–Crippen LogP) is 4.66. The summed E-state index contributed by atoms with van der Waals surface area (Å²) >= 11 is 7.39. The van der Waals surface area contributed by atoms with E-state index in [1.165, 1.54) is 11.3 Å². The topological polar surface area (TPSA) is 55.4 Å². The number of halogens is 1. The third-order valence-corrected chi connectivity index (χ3v) is 4.77. The zero-order valence-electron chi connectivity index (χ0n) is 12.8. The van der Waals surface area contributed by atoms with Gasteiger partial charge in [0.05, 0.1) is 10.7 Å². The van der Waals surface area contributed by atoms with Crippen LogP contribution in [0.4, 0.5) is 5.69 Å². The van der Waals surface area contributed by atoms with Crippen LogP contribution in [-0.4, -0.2) is 18.5 Å². The first-order chi connectivity index (χ1) is 11.5. The maximum atomic E-state index is 12.1. The lowest BCUT2D eigenvalue weighted by atomic mass is 10.2. The van der Waals surface area contributed by atoms with Crippen LogP contribution in [0, 0.1) is 6.92 Å². The average Bonchev–Trinajstić information content (AvgIpc) is 2.99. The van der Waals surface area contributed by atoms with Crippen LogP contribution < -0.4 is 5.32 Å². The highest BCUT2D eigenvalue weighted by molar-refractivity contribution is 7.20. The molecule has 4 nitrogen and oxygen atoms in total. The highest BCUT2D eigenvalue weighted by Crippen LogP contribution is 2.26. The van der Waals surface area contributed by atoms with Gasteiger partial charge in [-0.25, -0.2) is 4.79 Å². The summed E-state index contributed by atoms with van der Waals surface area (Å²) < 4.78 is 6.07. The molecular weight excluding hydrogens is 346 g/mol. The van der Waals surface area contributed by atoms with E-state index in [9.17, 15) is 9.59 Å². The number of hydrogen-bond acceptors (Lipinski definition) is 4. The molecule has 0 bridgehead atoms. The Morgan fingerprint density at radius 2 is 1.96 bits per heavy atom. The summed E-state index contributed by atoms with van der Waals surface area (Å²) in [6.07, 6.45) is 0. The van der Waals surface area contributed by atoms with Gasteiger partial charge in [0.1, 0.15) is 4.88 Å². The first-order valence-corrected chi connectivity index (χ1v) is 8.44. The number of benzene rings is 2. The van der Waals surface area contributed by atoms with E-state index >= 15 is 0 Å². The van der Waals surface area contributed by atoms with Crippen LogP contribution in [0.3, 0.4) is 0 Å². The molecule has 122 valence electrons. The van der Waals surface area contributed by atoms with Crippen molar-refractivity contribution in [3.63, 3.8) is 0 Å². The Labute approximate surface area is 148 Å². The van der Waals surface area contributed by atoms with Crippen LogP contribution in [0.1, 0.15) is 15.2 Å². The summed E-state index contributed by atoms with van der Waals surface area (Å²) in [4.78, 5) is 24.4. The number of carbonyl (C=O) groups excluding carboxylic acids is 2. The van der Waals surface area contributed by atoms with E-state index in [2.05, 4.69) is 5.32 Å². The number of carbonyl (C=O) groups is 2. The third kappa shape index (κ3) is 3.75. The summed E-state index contributed by atoms with van der Waals surface area (Å²) in [5.41, 5.74) is 1.49. The number of hydrogen-bond donors (Lipinski definition) is 1. The molecule has 2 aromatic carbocycles. The zero-order valence-corrected chi connectivity index (χ0v) is 14.4. The minimum atomic E-state index is -0.513. The number of thiophene rings is 1. The number of nitrogens with one attached hydrogen (secondary N) is 1. The lowest BCUT2D eigenvalue weighted by molar-refractivity contribution is -0.119. The van der Waals surface area contributed by atoms with Gasteiger partial charge in [0, 0.05) is 4.70 Å². The summed E-state index contributed by atoms with van der Waals surface area (Å²) in [6, 6.07) is 14.7. The molecule has 0 fully saturated rings. The van der Waals surface area contributed by atoms with E-state index in [1.54, 1.807) is 18.2 Å². The number of rotatable bonds is 4. The van der Waals surface area contributed by atoms with Crippen molar-refractivity contribution >= 4 is 50.6 Å². The largest absolute Gasteiger partial charge is 0.451 e. The van der Waals surface area contributed by atoms with Crippen LogP contribution in [0.15, 0.2) is 48.5 Å². The Morgan fingerprint density at radius 3 is 2.71 bits per heavy atom. The first-order valence-electron chi connectivity index (χ1n) is 7.24. The molecule has 1 N–H and O–H groups in total. The summed E-state index contributed by atoms with van der Waals surface area (Å²) in [5, 5.41) is 4.05. The number of ether oxygens (including phenoxy) is 1. The van der Waals surface area contributed by atoms with Crippen LogP contribution in [0.5, 0.6) is 0 Å². The summed E-state index contributed by atoms with van der Waals surface area (Å²) in [5.74, 6) is -0.948. The van der Waals surface area contributed by atoms with E-state index in [1.807, 2.05) is 37.3 Å². The molecule has 0 aliphatic carbocycles. The quantitative estimate of drug-likeness (QED) is 0.689. The Bertz CT molecular complexity index is 887. The van der Waals surface area contributed by atoms with Crippen molar-refractivity contribution in [1.29, 1.82) is 0 Å². The van der Waals surface area contributed by atoms with E-state index in [0.717, 1.165) is 15.6 Å². The van der Waals surface area contributed by atoms with Crippen molar-refractivity contribution in [2.24, 2.45) is 0 Å². The van der Waals surface area contributed by atoms with Gasteiger partial charge in [0.25, 0.3) is 5.91 Å². The van der Waals surface area contributed by atoms with Gasteiger partial charge in [0.2, 0.25) is 0 Å². The predicted molar refractivity (Wildman–Crippen MR) is 96.9 cm³/mol. The van der Waals surface area contributed by atoms with Gasteiger partial charge < -0.3 is 10.1 Å². The van der Waals surface area contributed by atoms with Gasteiger partial charge in [-0.05, 0) is 42.1 Å². The molecule has 0 unspecified atom stereocenters. The molecule has 0 radical (unpaired) electrons. The number of anilines is 1. The van der Waals surface area contributed by atoms with Crippen LogP contribution >= 0.6 is 22.9 Å². The monoisotopic (exact) mass is 359 g/mol. The smallest absolute Gasteiger partial charge is 0.348 e. The van der Waals surface area contributed by atoms with Gasteiger partial charge in [-0.15, -0.1) is 11.3 Å². The lowest BCUT2D eigenvalue weighted by Crippen LogP contribution is -2.20. The van der Waals surface area contributed by atoms with Crippen molar-refractivity contribution in [2.75, 3.05) is 11.9 Å². The van der Waals surface area contributed by atoms with Crippen molar-refractivity contribution < 1.29 is 14.3 Å². The minimum Gasteiger partial charge on any atom is -0.451 e. The molecule has 1 heterocycles. The van der Waals surface area contributed by atoms with E-state index in [-0.39, 0.29) is 6.61 Å². The molecule has 0 aliphatic rings. The molecule has 24 heavy (non-hydrogen) atoms. The lowest BCUT2D eigenvalue weighted by Gasteiger charge is -2.08. The maximum absolute atomic E-state index is 12.1. The molecule has 0 aliphatic heterocycles. The SMILES string of the molecule is Cc1ccc(NC(=O)COC(=O)c2cc3ccccc3s2)c(Cl)c1. The van der Waals surface area contributed by atoms with Crippen LogP contribution in [0.25, 0.3) is 10.1 Å². The second kappa shape index (κ2) is 7.03. The fourth-order valence-electron chi connectivity index (χ4n) is 2.19. The molecule has 6 heteroatoms. The molecule has 3 rings (SSSR count). The van der Waals surface area contributed by atoms with E-state index in [4.69, 9.17) is 16.3 Å². The summed E-state index contributed by atoms with van der Waals surface area (Å²) in [7, 11) is 0. The number of fused-ring (bicyclic) bond motifs is 1. The standard InChI is InChI=1S/C18H14ClNO3S/c1-11-6-7-14(13(19)8-11)20-17(21)10-23-18(22)16-9-12-4-2-3-5-15(12)24-16/h2-9H,10H2,1H3,(H,20,21). The second-order valence-corrected chi connectivity index (χ2v) is 6.75. The van der Waals surface area contributed by atoms with Crippen LogP contribution in [0.2, 0.25) is 5.02 Å². The highest BCUT2D eigenvalue weighted by Gasteiger charge is 2.14. The van der Waals surface area contributed by atoms with Crippen molar-refractivity contribution in [2.45, 2.75) is 6.92 Å². The Hall–Kier alpha value is -2.37. The molecule has 3 aromatic rings. The fourth-order valence-corrected chi connectivity index (χ4v) is 3.43. The van der Waals surface area contributed by atoms with Gasteiger partial charge in [-0.2, -0.15) is 0 Å². The van der Waals surface area contributed by atoms with E-state index in [0.29, 0.717) is 15.6 Å². The molecule has 1 amide bonds. The Balaban J connectivity index is 1.60. The van der Waals surface area contributed by atoms with Gasteiger partial charge in [-0.1, -0.05) is 35.9 Å². The number of aryl methyl sites for hydroxylation is 1. The normalized spacial score (nSPS) is 10.6. The van der Waals surface area contributed by atoms with Crippen molar-refractivity contribution in [3.8, 4) is 0 Å². The Morgan fingerprint density at radius 1 is 1.17 bits per heavy atom. The van der Waals surface area contributed by atoms with Gasteiger partial charge in [0.15, 0.2) is 6.61 Å². The number of esters is 1. The molecule has 0 atom stereocenters. The van der Waals surface area contributed by atoms with Crippen molar-refractivity contribution in [3.05, 3.63) is 64.0 Å². The highest BCUT2D eigenvalue weighted by atomic mass is 35.5. The van der Waals surface area contributed by atoms with Gasteiger partial charge in [-0.3, -0.25) is 4.79 Å². The molecular formula is C18H14ClNO3S. The third-order valence-electron chi connectivity index (χ3n) is 3.36. The second-order valence-electron chi connectivity index (χ2n) is 5.26. The van der Waals surface area contributed by atoms with E-state index < -0.39 is 11.9 Å². The van der Waals surface area contributed by atoms with Crippen molar-refractivity contribution in [1.82, 2.24) is 0 Å². The van der Waals surface area contributed by atoms with Crippen LogP contribution in [-0.2, 0) is 9.53 Å². The van der Waals surface area contributed by atoms with Gasteiger partial charge >= 0.3 is 5.97 Å². The Kier molecular flexibility index (Phi) is 4.83. The first kappa shape index (κ1) is 16.5. The average molecular weight is 360 g/mol. The molecule has 0 spiro atoms. The molecule has 1 aromatic heterocycles. The zero-order chi connectivity index (χ0) is 17.1. The maximum Gasteiger partial charge on any atom is 0.348 e. The molecule has 0 saturated carbocycles. The molecule has 0 saturated heterocycles. The number of amides is 1. The minimum absolute atomic E-state index is 0.364. The summed E-state index contributed by atoms with van der Waals surface area (Å²) in [6.45, 7) is 1.54.